The quantitative estimate of drug-likeness (QED) is 0.288. The van der Waals surface area contributed by atoms with Gasteiger partial charge in [0.25, 0.3) is 5.91 Å². The molecular formula is C12H8F3N7O3. The number of carbonyl (C=O) groups is 1. The van der Waals surface area contributed by atoms with Crippen LogP contribution in [0.25, 0.3) is 16.1 Å². The van der Waals surface area contributed by atoms with Crippen LogP contribution < -0.4 is 5.73 Å². The Morgan fingerprint density at radius 3 is 2.40 bits per heavy atom. The molecule has 1 amide bonds. The predicted octanol–water partition coefficient (Wildman–Crippen LogP) is 2.79. The minimum absolute atomic E-state index is 0.140. The molecule has 1 atom stereocenters. The van der Waals surface area contributed by atoms with Crippen molar-refractivity contribution in [3.63, 3.8) is 0 Å². The smallest absolute Gasteiger partial charge is 0.364 e. The van der Waals surface area contributed by atoms with Crippen LogP contribution >= 0.6 is 0 Å². The lowest BCUT2D eigenvalue weighted by Gasteiger charge is -2.15. The highest BCUT2D eigenvalue weighted by molar-refractivity contribution is 5.94. The number of azide groups is 1. The van der Waals surface area contributed by atoms with E-state index in [0.29, 0.717) is 0 Å². The van der Waals surface area contributed by atoms with E-state index in [1.54, 1.807) is 0 Å². The number of nitrogens with two attached hydrogens (primary N) is 1. The summed E-state index contributed by atoms with van der Waals surface area (Å²) in [5.74, 6) is -1.12. The van der Waals surface area contributed by atoms with Crippen molar-refractivity contribution in [1.29, 1.82) is 0 Å². The minimum atomic E-state index is -4.78. The summed E-state index contributed by atoms with van der Waals surface area (Å²) in [5.41, 5.74) is 11.9. The molecule has 10 nitrogen and oxygen atoms in total. The van der Waals surface area contributed by atoms with Crippen molar-refractivity contribution in [2.45, 2.75) is 12.2 Å². The molecule has 0 aliphatic heterocycles. The van der Waals surface area contributed by atoms with Crippen molar-refractivity contribution in [2.24, 2.45) is 10.8 Å². The lowest BCUT2D eigenvalue weighted by atomic mass is 10.1. The van der Waals surface area contributed by atoms with Crippen LogP contribution in [0.1, 0.15) is 22.1 Å². The monoisotopic (exact) mass is 355 g/mol. The van der Waals surface area contributed by atoms with Gasteiger partial charge in [-0.3, -0.25) is 14.9 Å². The first-order chi connectivity index (χ1) is 11.6. The fraction of sp³-hybridized carbons (Fsp3) is 0.167. The molecule has 130 valence electrons. The molecule has 0 saturated heterocycles. The number of benzene rings is 1. The number of hydrogen-bond donors (Lipinski definition) is 1. The molecule has 1 aromatic heterocycles. The third-order valence-corrected chi connectivity index (χ3v) is 3.08. The predicted molar refractivity (Wildman–Crippen MR) is 76.7 cm³/mol. The van der Waals surface area contributed by atoms with Crippen molar-refractivity contribution in [1.82, 2.24) is 9.78 Å². The number of alkyl halides is 3. The van der Waals surface area contributed by atoms with E-state index in [0.717, 1.165) is 23.0 Å². The Kier molecular flexibility index (Phi) is 4.61. The average Bonchev–Trinajstić information content (AvgIpc) is 2.97. The van der Waals surface area contributed by atoms with Gasteiger partial charge in [0.2, 0.25) is 5.69 Å². The standard InChI is InChI=1S/C12H8F3N7O3/c13-12(14,15)10(18-20-17)6-1-3-7(4-2-6)21-5-8(22(24)25)9(19-21)11(16)23/h1-5,10H,(H2,16,23). The van der Waals surface area contributed by atoms with Crippen LogP contribution in [0.4, 0.5) is 18.9 Å². The molecule has 2 rings (SSSR count). The number of halogens is 3. The van der Waals surface area contributed by atoms with Crippen LogP contribution in [0.15, 0.2) is 35.6 Å². The fourth-order valence-corrected chi connectivity index (χ4v) is 1.99. The SMILES string of the molecule is [N-]=[N+]=NC(c1ccc(-n2cc([N+](=O)[O-])c(C(N)=O)n2)cc1)C(F)(F)F. The maximum Gasteiger partial charge on any atom is 0.401 e. The number of hydrogen-bond acceptors (Lipinski definition) is 5. The van der Waals surface area contributed by atoms with Gasteiger partial charge in [-0.05, 0) is 23.2 Å². The molecule has 0 saturated carbocycles. The van der Waals surface area contributed by atoms with E-state index in [1.165, 1.54) is 12.1 Å². The molecule has 0 aliphatic carbocycles. The van der Waals surface area contributed by atoms with Crippen LogP contribution in [0.2, 0.25) is 0 Å². The summed E-state index contributed by atoms with van der Waals surface area (Å²) in [5, 5.41) is 17.2. The Morgan fingerprint density at radius 1 is 1.40 bits per heavy atom. The lowest BCUT2D eigenvalue weighted by Crippen LogP contribution is -2.18. The van der Waals surface area contributed by atoms with Crippen LogP contribution in [-0.2, 0) is 0 Å². The minimum Gasteiger partial charge on any atom is -0.364 e. The molecule has 1 heterocycles. The topological polar surface area (TPSA) is 153 Å². The van der Waals surface area contributed by atoms with Crippen molar-refractivity contribution in [3.05, 3.63) is 62.3 Å². The first-order valence-electron chi connectivity index (χ1n) is 6.40. The second-order valence-corrected chi connectivity index (χ2v) is 4.67. The van der Waals surface area contributed by atoms with Gasteiger partial charge in [-0.25, -0.2) is 4.68 Å². The number of nitrogens with zero attached hydrogens (tertiary/aromatic N) is 6. The fourth-order valence-electron chi connectivity index (χ4n) is 1.99. The molecule has 1 unspecified atom stereocenters. The molecule has 0 fully saturated rings. The molecule has 2 aromatic rings. The maximum absolute atomic E-state index is 12.8. The van der Waals surface area contributed by atoms with Gasteiger partial charge in [0.05, 0.1) is 10.6 Å². The van der Waals surface area contributed by atoms with E-state index in [-0.39, 0.29) is 11.3 Å². The molecule has 0 radical (unpaired) electrons. The highest BCUT2D eigenvalue weighted by Gasteiger charge is 2.40. The van der Waals surface area contributed by atoms with E-state index >= 15 is 0 Å². The molecular weight excluding hydrogens is 347 g/mol. The molecule has 0 spiro atoms. The second-order valence-electron chi connectivity index (χ2n) is 4.67. The summed E-state index contributed by atoms with van der Waals surface area (Å²) in [6.45, 7) is 0. The van der Waals surface area contributed by atoms with Gasteiger partial charge in [-0.15, -0.1) is 0 Å². The van der Waals surface area contributed by atoms with Crippen molar-refractivity contribution < 1.29 is 22.9 Å². The Balaban J connectivity index is 2.44. The Bertz CT molecular complexity index is 838. The Morgan fingerprint density at radius 2 is 2.00 bits per heavy atom. The number of aromatic nitrogens is 2. The Hall–Kier alpha value is -3.60. The van der Waals surface area contributed by atoms with Crippen molar-refractivity contribution >= 4 is 11.6 Å². The first-order valence-corrected chi connectivity index (χ1v) is 6.40. The number of rotatable bonds is 5. The van der Waals surface area contributed by atoms with Crippen molar-refractivity contribution in [3.8, 4) is 5.69 Å². The summed E-state index contributed by atoms with van der Waals surface area (Å²) in [7, 11) is 0. The summed E-state index contributed by atoms with van der Waals surface area (Å²) in [4.78, 5) is 23.3. The van der Waals surface area contributed by atoms with Crippen LogP contribution in [0, 0.1) is 10.1 Å². The first kappa shape index (κ1) is 17.7. The molecule has 25 heavy (non-hydrogen) atoms. The molecule has 13 heteroatoms. The maximum atomic E-state index is 12.8. The highest BCUT2D eigenvalue weighted by atomic mass is 19.4. The average molecular weight is 355 g/mol. The number of primary amides is 1. The van der Waals surface area contributed by atoms with Crippen molar-refractivity contribution in [2.75, 3.05) is 0 Å². The number of nitro groups is 1. The molecule has 0 aliphatic rings. The summed E-state index contributed by atoms with van der Waals surface area (Å²) >= 11 is 0. The van der Waals surface area contributed by atoms with Gasteiger partial charge in [-0.2, -0.15) is 18.3 Å². The van der Waals surface area contributed by atoms with E-state index in [4.69, 9.17) is 11.3 Å². The van der Waals surface area contributed by atoms with Gasteiger partial charge in [0, 0.05) is 4.91 Å². The van der Waals surface area contributed by atoms with Gasteiger partial charge in [-0.1, -0.05) is 17.2 Å². The van der Waals surface area contributed by atoms with Gasteiger partial charge >= 0.3 is 11.9 Å². The van der Waals surface area contributed by atoms with Gasteiger partial charge in [0.1, 0.15) is 6.20 Å². The van der Waals surface area contributed by atoms with E-state index < -0.39 is 34.4 Å². The highest BCUT2D eigenvalue weighted by Crippen LogP contribution is 2.36. The third-order valence-electron chi connectivity index (χ3n) is 3.08. The second kappa shape index (κ2) is 6.49. The summed E-state index contributed by atoms with van der Waals surface area (Å²) in [6.07, 6.45) is -3.87. The van der Waals surface area contributed by atoms with Gasteiger partial charge in [0.15, 0.2) is 6.04 Å². The van der Waals surface area contributed by atoms with Crippen LogP contribution in [0.3, 0.4) is 0 Å². The zero-order valence-electron chi connectivity index (χ0n) is 12.1. The van der Waals surface area contributed by atoms with Crippen LogP contribution in [-0.4, -0.2) is 26.8 Å². The zero-order chi connectivity index (χ0) is 18.8. The van der Waals surface area contributed by atoms with E-state index in [1.807, 2.05) is 0 Å². The van der Waals surface area contributed by atoms with Crippen LogP contribution in [0.5, 0.6) is 0 Å². The third kappa shape index (κ3) is 3.67. The molecule has 0 bridgehead atoms. The van der Waals surface area contributed by atoms with Gasteiger partial charge < -0.3 is 5.73 Å². The largest absolute Gasteiger partial charge is 0.401 e. The van der Waals surface area contributed by atoms with E-state index in [9.17, 15) is 28.1 Å². The lowest BCUT2D eigenvalue weighted by molar-refractivity contribution is -0.385. The van der Waals surface area contributed by atoms with E-state index in [2.05, 4.69) is 15.1 Å². The molecule has 1 aromatic carbocycles. The number of carbonyl (C=O) groups excluding carboxylic acids is 1. The molecule has 2 N–H and O–H groups in total. The summed E-state index contributed by atoms with van der Waals surface area (Å²) < 4.78 is 39.5. The summed E-state index contributed by atoms with van der Waals surface area (Å²) in [6, 6.07) is 2.02. The Labute approximate surface area is 136 Å². The number of amides is 1. The zero-order valence-corrected chi connectivity index (χ0v) is 12.1. The normalized spacial score (nSPS) is 12.3.